The smallest absolute Gasteiger partial charge is 0.316 e. The van der Waals surface area contributed by atoms with Gasteiger partial charge in [-0.05, 0) is 18.3 Å². The van der Waals surface area contributed by atoms with Gasteiger partial charge in [0.15, 0.2) is 5.78 Å². The second-order valence-corrected chi connectivity index (χ2v) is 10.5. The van der Waals surface area contributed by atoms with Gasteiger partial charge >= 0.3 is 5.97 Å². The minimum atomic E-state index is -0.892. The molecule has 1 aliphatic carbocycles. The minimum absolute atomic E-state index is 0.0371. The van der Waals surface area contributed by atoms with Crippen LogP contribution in [0, 0.1) is 16.7 Å². The van der Waals surface area contributed by atoms with Crippen LogP contribution >= 0.6 is 0 Å². The number of ketones is 1. The predicted molar refractivity (Wildman–Crippen MR) is 136 cm³/mol. The Labute approximate surface area is 202 Å². The van der Waals surface area contributed by atoms with Gasteiger partial charge in [0.2, 0.25) is 0 Å². The highest BCUT2D eigenvalue weighted by Gasteiger charge is 2.47. The molecule has 0 spiro atoms. The van der Waals surface area contributed by atoms with E-state index < -0.39 is 17.3 Å². The van der Waals surface area contributed by atoms with Gasteiger partial charge < -0.3 is 15.3 Å². The van der Waals surface area contributed by atoms with Crippen molar-refractivity contribution in [2.45, 2.75) is 130 Å². The fourth-order valence-electron chi connectivity index (χ4n) is 4.93. The van der Waals surface area contributed by atoms with Crippen molar-refractivity contribution in [2.75, 3.05) is 7.11 Å². The van der Waals surface area contributed by atoms with Crippen LogP contribution in [0.4, 0.5) is 0 Å². The Morgan fingerprint density at radius 1 is 0.909 bits per heavy atom. The molecule has 5 nitrogen and oxygen atoms in total. The van der Waals surface area contributed by atoms with Crippen LogP contribution in [0.2, 0.25) is 0 Å². The number of ether oxygens (including phenoxy) is 1. The van der Waals surface area contributed by atoms with Gasteiger partial charge in [0, 0.05) is 12.1 Å². The van der Waals surface area contributed by atoms with Crippen molar-refractivity contribution < 1.29 is 19.4 Å². The van der Waals surface area contributed by atoms with Crippen molar-refractivity contribution in [1.29, 1.82) is 5.41 Å². The molecule has 190 valence electrons. The Hall–Kier alpha value is -1.65. The summed E-state index contributed by atoms with van der Waals surface area (Å²) < 4.78 is 4.83. The summed E-state index contributed by atoms with van der Waals surface area (Å²) in [6.07, 6.45) is 19.8. The van der Waals surface area contributed by atoms with E-state index in [4.69, 9.17) is 10.1 Å². The Kier molecular flexibility index (Phi) is 14.3. The molecule has 0 heterocycles. The molecule has 0 bridgehead atoms. The number of hydrogen-bond donors (Lipinski definition) is 2. The fourth-order valence-corrected chi connectivity index (χ4v) is 4.93. The number of carbonyl (C=O) groups excluding carboxylic acids is 2. The van der Waals surface area contributed by atoms with Gasteiger partial charge in [0.1, 0.15) is 11.7 Å². The average molecular weight is 464 g/mol. The lowest BCUT2D eigenvalue weighted by molar-refractivity contribution is -0.150. The number of carbonyl (C=O) groups is 2. The number of rotatable bonds is 18. The van der Waals surface area contributed by atoms with Gasteiger partial charge in [0.25, 0.3) is 0 Å². The van der Waals surface area contributed by atoms with Crippen molar-refractivity contribution in [3.63, 3.8) is 0 Å². The van der Waals surface area contributed by atoms with Crippen LogP contribution in [0.15, 0.2) is 11.3 Å². The minimum Gasteiger partial charge on any atom is -0.511 e. The SMILES string of the molecule is CCCCCCCCCCCCCCCCCC(=N)C1=C(O)C(C(=O)OC)C(C)(C)CC1=O. The van der Waals surface area contributed by atoms with Gasteiger partial charge in [-0.25, -0.2) is 0 Å². The molecular weight excluding hydrogens is 414 g/mol. The van der Waals surface area contributed by atoms with Gasteiger partial charge in [-0.15, -0.1) is 0 Å². The zero-order valence-electron chi connectivity index (χ0n) is 21.8. The molecule has 1 atom stereocenters. The zero-order valence-corrected chi connectivity index (χ0v) is 21.8. The van der Waals surface area contributed by atoms with Crippen LogP contribution in [0.3, 0.4) is 0 Å². The van der Waals surface area contributed by atoms with Gasteiger partial charge in [-0.1, -0.05) is 111 Å². The number of methoxy groups -OCH3 is 1. The number of hydrogen-bond acceptors (Lipinski definition) is 5. The Balaban J connectivity index is 2.20. The first-order valence-corrected chi connectivity index (χ1v) is 13.4. The van der Waals surface area contributed by atoms with Crippen LogP contribution < -0.4 is 0 Å². The average Bonchev–Trinajstić information content (AvgIpc) is 2.75. The molecule has 2 N–H and O–H groups in total. The van der Waals surface area contributed by atoms with E-state index >= 15 is 0 Å². The molecule has 0 aromatic rings. The maximum atomic E-state index is 12.6. The molecule has 5 heteroatoms. The molecule has 0 aliphatic heterocycles. The molecular formula is C28H49NO4. The van der Waals surface area contributed by atoms with Crippen molar-refractivity contribution >= 4 is 17.5 Å². The van der Waals surface area contributed by atoms with Crippen molar-refractivity contribution in [3.8, 4) is 0 Å². The summed E-state index contributed by atoms with van der Waals surface area (Å²) in [4.78, 5) is 24.7. The quantitative estimate of drug-likeness (QED) is 0.123. The monoisotopic (exact) mass is 463 g/mol. The normalized spacial score (nSPS) is 17.9. The topological polar surface area (TPSA) is 87.4 Å². The third-order valence-corrected chi connectivity index (χ3v) is 6.98. The van der Waals surface area contributed by atoms with E-state index in [9.17, 15) is 14.7 Å². The third kappa shape index (κ3) is 10.4. The van der Waals surface area contributed by atoms with E-state index in [1.165, 1.54) is 84.2 Å². The molecule has 0 aromatic carbocycles. The molecule has 0 radical (unpaired) electrons. The molecule has 0 aromatic heterocycles. The number of aliphatic hydroxyl groups is 1. The van der Waals surface area contributed by atoms with E-state index in [2.05, 4.69) is 6.92 Å². The standard InChI is InChI=1S/C28H49NO4/c1-5-6-7-8-9-10-11-12-13-14-15-16-17-18-19-20-22(29)24-23(30)21-28(2,3)25(26(24)31)27(32)33-4/h25,29,31H,5-21H2,1-4H3. The lowest BCUT2D eigenvalue weighted by Crippen LogP contribution is -2.41. The fraction of sp³-hybridized carbons (Fsp3) is 0.821. The van der Waals surface area contributed by atoms with E-state index in [-0.39, 0.29) is 29.2 Å². The second-order valence-electron chi connectivity index (χ2n) is 10.5. The van der Waals surface area contributed by atoms with Gasteiger partial charge in [-0.2, -0.15) is 0 Å². The summed E-state index contributed by atoms with van der Waals surface area (Å²) in [5.41, 5.74) is -0.529. The highest BCUT2D eigenvalue weighted by molar-refractivity contribution is 6.22. The van der Waals surface area contributed by atoms with Crippen molar-refractivity contribution in [2.24, 2.45) is 11.3 Å². The number of allylic oxidation sites excluding steroid dienone is 1. The summed E-state index contributed by atoms with van der Waals surface area (Å²) in [7, 11) is 1.28. The number of aliphatic hydroxyl groups excluding tert-OH is 1. The highest BCUT2D eigenvalue weighted by Crippen LogP contribution is 2.42. The molecule has 1 unspecified atom stereocenters. The first kappa shape index (κ1) is 29.4. The lowest BCUT2D eigenvalue weighted by atomic mass is 9.67. The summed E-state index contributed by atoms with van der Waals surface area (Å²) in [6.45, 7) is 5.81. The third-order valence-electron chi connectivity index (χ3n) is 6.98. The molecule has 0 saturated heterocycles. The van der Waals surface area contributed by atoms with Crippen LogP contribution in [-0.4, -0.2) is 29.7 Å². The van der Waals surface area contributed by atoms with E-state index in [0.29, 0.717) is 6.42 Å². The largest absolute Gasteiger partial charge is 0.511 e. The van der Waals surface area contributed by atoms with E-state index in [1.807, 2.05) is 0 Å². The summed E-state index contributed by atoms with van der Waals surface area (Å²) >= 11 is 0. The highest BCUT2D eigenvalue weighted by atomic mass is 16.5. The molecule has 0 saturated carbocycles. The molecule has 1 rings (SSSR count). The Morgan fingerprint density at radius 2 is 1.33 bits per heavy atom. The van der Waals surface area contributed by atoms with Crippen LogP contribution in [-0.2, 0) is 14.3 Å². The maximum absolute atomic E-state index is 12.6. The van der Waals surface area contributed by atoms with Crippen molar-refractivity contribution in [1.82, 2.24) is 0 Å². The second kappa shape index (κ2) is 16.1. The lowest BCUT2D eigenvalue weighted by Gasteiger charge is -2.36. The Morgan fingerprint density at radius 3 is 1.76 bits per heavy atom. The van der Waals surface area contributed by atoms with Crippen LogP contribution in [0.1, 0.15) is 130 Å². The zero-order chi connectivity index (χ0) is 24.7. The van der Waals surface area contributed by atoms with Crippen LogP contribution in [0.25, 0.3) is 0 Å². The number of nitrogens with one attached hydrogen (secondary N) is 1. The summed E-state index contributed by atoms with van der Waals surface area (Å²) in [5, 5.41) is 19.0. The van der Waals surface area contributed by atoms with Gasteiger partial charge in [-0.3, -0.25) is 9.59 Å². The molecule has 1 aliphatic rings. The predicted octanol–water partition coefficient (Wildman–Crippen LogP) is 7.87. The van der Waals surface area contributed by atoms with E-state index in [1.54, 1.807) is 13.8 Å². The van der Waals surface area contributed by atoms with E-state index in [0.717, 1.165) is 19.3 Å². The molecule has 0 amide bonds. The van der Waals surface area contributed by atoms with Crippen molar-refractivity contribution in [3.05, 3.63) is 11.3 Å². The maximum Gasteiger partial charge on any atom is 0.316 e. The first-order chi connectivity index (χ1) is 15.8. The number of Topliss-reactive ketones (excluding diaryl/α,β-unsaturated/α-hetero) is 1. The number of unbranched alkanes of at least 4 members (excludes halogenated alkanes) is 14. The van der Waals surface area contributed by atoms with Gasteiger partial charge in [0.05, 0.1) is 12.7 Å². The van der Waals surface area contributed by atoms with Crippen LogP contribution in [0.5, 0.6) is 0 Å². The summed E-state index contributed by atoms with van der Waals surface area (Å²) in [5.74, 6) is -1.98. The molecule has 33 heavy (non-hydrogen) atoms. The number of esters is 1. The first-order valence-electron chi connectivity index (χ1n) is 13.4. The Bertz CT molecular complexity index is 650. The summed E-state index contributed by atoms with van der Waals surface area (Å²) in [6, 6.07) is 0. The molecule has 0 fully saturated rings.